The van der Waals surface area contributed by atoms with E-state index in [0.29, 0.717) is 41.3 Å². The lowest BCUT2D eigenvalue weighted by Gasteiger charge is -2.26. The van der Waals surface area contributed by atoms with Crippen molar-refractivity contribution in [2.75, 3.05) is 11.9 Å². The van der Waals surface area contributed by atoms with Crippen LogP contribution in [0.15, 0.2) is 51.5 Å². The molecule has 0 aliphatic rings. The van der Waals surface area contributed by atoms with E-state index in [4.69, 9.17) is 20.4 Å². The molecule has 2 aromatic heterocycles. The molecular formula is C19H21ClN4O3. The summed E-state index contributed by atoms with van der Waals surface area (Å²) in [4.78, 5) is 14.6. The molecule has 0 aliphatic carbocycles. The lowest BCUT2D eigenvalue weighted by Crippen LogP contribution is -2.42. The van der Waals surface area contributed by atoms with E-state index in [-0.39, 0.29) is 11.9 Å². The Labute approximate surface area is 162 Å². The molecule has 0 fully saturated rings. The molecule has 8 heteroatoms. The van der Waals surface area contributed by atoms with Crippen LogP contribution in [0.5, 0.6) is 0 Å². The number of nitrogens with zero attached hydrogens (tertiary/aromatic N) is 3. The highest BCUT2D eigenvalue weighted by Gasteiger charge is 2.23. The van der Waals surface area contributed by atoms with E-state index >= 15 is 0 Å². The van der Waals surface area contributed by atoms with Crippen LogP contribution in [-0.4, -0.2) is 33.6 Å². The molecular weight excluding hydrogens is 368 g/mol. The first kappa shape index (κ1) is 19.1. The third-order valence-electron chi connectivity index (χ3n) is 4.09. The number of carbonyl (C=O) groups excluding carboxylic acids is 1. The molecule has 3 aromatic rings. The van der Waals surface area contributed by atoms with Gasteiger partial charge in [0.25, 0.3) is 5.89 Å². The largest absolute Gasteiger partial charge is 0.459 e. The monoisotopic (exact) mass is 388 g/mol. The number of carbonyl (C=O) groups is 1. The van der Waals surface area contributed by atoms with Gasteiger partial charge in [0, 0.05) is 10.7 Å². The van der Waals surface area contributed by atoms with Crippen LogP contribution in [0.3, 0.4) is 0 Å². The molecule has 0 saturated heterocycles. The van der Waals surface area contributed by atoms with Gasteiger partial charge >= 0.3 is 0 Å². The van der Waals surface area contributed by atoms with Crippen molar-refractivity contribution in [3.63, 3.8) is 0 Å². The van der Waals surface area contributed by atoms with Crippen LogP contribution in [0.25, 0.3) is 11.7 Å². The number of rotatable bonds is 8. The summed E-state index contributed by atoms with van der Waals surface area (Å²) >= 11 is 5.88. The van der Waals surface area contributed by atoms with Gasteiger partial charge in [-0.15, -0.1) is 10.2 Å². The number of furan rings is 1. The minimum atomic E-state index is -0.375. The van der Waals surface area contributed by atoms with Gasteiger partial charge < -0.3 is 14.2 Å². The van der Waals surface area contributed by atoms with E-state index in [1.807, 2.05) is 11.8 Å². The molecule has 0 bridgehead atoms. The summed E-state index contributed by atoms with van der Waals surface area (Å²) in [6, 6.07) is 10.1. The van der Waals surface area contributed by atoms with Gasteiger partial charge in [-0.2, -0.15) is 0 Å². The first-order valence-corrected chi connectivity index (χ1v) is 9.11. The number of nitrogens with one attached hydrogen (secondary N) is 1. The zero-order chi connectivity index (χ0) is 19.2. The molecule has 2 heterocycles. The van der Waals surface area contributed by atoms with Crippen molar-refractivity contribution < 1.29 is 13.6 Å². The molecule has 27 heavy (non-hydrogen) atoms. The minimum absolute atomic E-state index is 0.114. The number of hydrogen-bond donors (Lipinski definition) is 1. The predicted octanol–water partition coefficient (Wildman–Crippen LogP) is 4.22. The minimum Gasteiger partial charge on any atom is -0.459 e. The van der Waals surface area contributed by atoms with E-state index in [2.05, 4.69) is 22.4 Å². The lowest BCUT2D eigenvalue weighted by atomic mass is 10.2. The van der Waals surface area contributed by atoms with Gasteiger partial charge in [-0.1, -0.05) is 18.5 Å². The molecule has 7 nitrogen and oxygen atoms in total. The van der Waals surface area contributed by atoms with E-state index < -0.39 is 0 Å². The van der Waals surface area contributed by atoms with E-state index in [1.165, 1.54) is 0 Å². The Balaban J connectivity index is 1.66. The molecule has 1 atom stereocenters. The average molecular weight is 389 g/mol. The summed E-state index contributed by atoms with van der Waals surface area (Å²) in [6.45, 7) is 4.99. The fraction of sp³-hybridized carbons (Fsp3) is 0.316. The quantitative estimate of drug-likeness (QED) is 0.621. The van der Waals surface area contributed by atoms with Crippen LogP contribution in [0.2, 0.25) is 5.02 Å². The standard InChI is InChI=1S/C19H21ClN4O3/c1-3-10-24(12-17-22-23-19(27-17)16-5-4-11-26-16)13(2)18(25)21-15-8-6-14(20)7-9-15/h4-9,11,13H,3,10,12H2,1-2H3,(H,21,25)/t13-/m0/s1. The van der Waals surface area contributed by atoms with E-state index in [9.17, 15) is 4.79 Å². The van der Waals surface area contributed by atoms with Gasteiger partial charge in [-0.3, -0.25) is 9.69 Å². The van der Waals surface area contributed by atoms with Gasteiger partial charge in [0.1, 0.15) is 0 Å². The Hall–Kier alpha value is -2.64. The third kappa shape index (κ3) is 4.96. The first-order valence-electron chi connectivity index (χ1n) is 8.73. The number of anilines is 1. The zero-order valence-electron chi connectivity index (χ0n) is 15.2. The second-order valence-electron chi connectivity index (χ2n) is 6.12. The molecule has 0 aliphatic heterocycles. The van der Waals surface area contributed by atoms with Crippen molar-refractivity contribution in [2.24, 2.45) is 0 Å². The van der Waals surface area contributed by atoms with Crippen LogP contribution in [0.1, 0.15) is 26.2 Å². The molecule has 1 aromatic carbocycles. The maximum atomic E-state index is 12.6. The predicted molar refractivity (Wildman–Crippen MR) is 102 cm³/mol. The Morgan fingerprint density at radius 1 is 1.26 bits per heavy atom. The number of benzene rings is 1. The molecule has 3 rings (SSSR count). The molecule has 1 amide bonds. The van der Waals surface area contributed by atoms with Crippen molar-refractivity contribution in [2.45, 2.75) is 32.9 Å². The summed E-state index contributed by atoms with van der Waals surface area (Å²) in [5.41, 5.74) is 0.700. The third-order valence-corrected chi connectivity index (χ3v) is 4.34. The number of hydrogen-bond acceptors (Lipinski definition) is 6. The highest BCUT2D eigenvalue weighted by Crippen LogP contribution is 2.19. The smallest absolute Gasteiger partial charge is 0.283 e. The van der Waals surface area contributed by atoms with E-state index in [0.717, 1.165) is 6.42 Å². The molecule has 142 valence electrons. The van der Waals surface area contributed by atoms with Crippen molar-refractivity contribution in [3.8, 4) is 11.7 Å². The van der Waals surface area contributed by atoms with Crippen molar-refractivity contribution >= 4 is 23.2 Å². The van der Waals surface area contributed by atoms with Gasteiger partial charge in [0.15, 0.2) is 5.76 Å². The second-order valence-corrected chi connectivity index (χ2v) is 6.56. The Morgan fingerprint density at radius 2 is 2.04 bits per heavy atom. The Bertz CT molecular complexity index is 861. The average Bonchev–Trinajstić information content (AvgIpc) is 3.34. The molecule has 0 spiro atoms. The first-order chi connectivity index (χ1) is 13.1. The summed E-state index contributed by atoms with van der Waals surface area (Å²) in [5, 5.41) is 11.6. The number of aromatic nitrogens is 2. The van der Waals surface area contributed by atoms with Crippen molar-refractivity contribution in [1.82, 2.24) is 15.1 Å². The number of halogens is 1. The fourth-order valence-electron chi connectivity index (χ4n) is 2.63. The van der Waals surface area contributed by atoms with Crippen LogP contribution in [-0.2, 0) is 11.3 Å². The van der Waals surface area contributed by atoms with Gasteiger partial charge in [0.05, 0.1) is 18.8 Å². The molecule has 0 radical (unpaired) electrons. The lowest BCUT2D eigenvalue weighted by molar-refractivity contribution is -0.121. The Morgan fingerprint density at radius 3 is 2.70 bits per heavy atom. The summed E-state index contributed by atoms with van der Waals surface area (Å²) in [7, 11) is 0. The van der Waals surface area contributed by atoms with Crippen LogP contribution in [0, 0.1) is 0 Å². The van der Waals surface area contributed by atoms with Crippen LogP contribution < -0.4 is 5.32 Å². The highest BCUT2D eigenvalue weighted by molar-refractivity contribution is 6.30. The number of amides is 1. The zero-order valence-corrected chi connectivity index (χ0v) is 15.9. The maximum absolute atomic E-state index is 12.6. The fourth-order valence-corrected chi connectivity index (χ4v) is 2.76. The van der Waals surface area contributed by atoms with Gasteiger partial charge in [0.2, 0.25) is 11.8 Å². The second kappa shape index (κ2) is 8.83. The van der Waals surface area contributed by atoms with Gasteiger partial charge in [-0.25, -0.2) is 0 Å². The molecule has 0 saturated carbocycles. The van der Waals surface area contributed by atoms with Crippen molar-refractivity contribution in [1.29, 1.82) is 0 Å². The summed E-state index contributed by atoms with van der Waals surface area (Å²) in [5.74, 6) is 1.16. The SMILES string of the molecule is CCCN(Cc1nnc(-c2ccco2)o1)[C@@H](C)C(=O)Nc1ccc(Cl)cc1. The van der Waals surface area contributed by atoms with E-state index in [1.54, 1.807) is 42.7 Å². The van der Waals surface area contributed by atoms with Crippen molar-refractivity contribution in [3.05, 3.63) is 53.6 Å². The van der Waals surface area contributed by atoms with Crippen LogP contribution >= 0.6 is 11.6 Å². The molecule has 1 N–H and O–H groups in total. The molecule has 0 unspecified atom stereocenters. The summed E-state index contributed by atoms with van der Waals surface area (Å²) in [6.07, 6.45) is 2.43. The highest BCUT2D eigenvalue weighted by atomic mass is 35.5. The van der Waals surface area contributed by atoms with Crippen LogP contribution in [0.4, 0.5) is 5.69 Å². The summed E-state index contributed by atoms with van der Waals surface area (Å²) < 4.78 is 10.9. The maximum Gasteiger partial charge on any atom is 0.283 e. The topological polar surface area (TPSA) is 84.4 Å². The normalized spacial score (nSPS) is 12.3. The van der Waals surface area contributed by atoms with Gasteiger partial charge in [-0.05, 0) is 56.3 Å². The Kier molecular flexibility index (Phi) is 6.26.